The number of furan rings is 1. The molecule has 0 N–H and O–H groups in total. The lowest BCUT2D eigenvalue weighted by molar-refractivity contribution is -0.138. The van der Waals surface area contributed by atoms with Crippen molar-refractivity contribution in [3.63, 3.8) is 0 Å². The van der Waals surface area contributed by atoms with E-state index in [4.69, 9.17) is 13.9 Å². The van der Waals surface area contributed by atoms with E-state index < -0.39 is 18.0 Å². The molecule has 0 fully saturated rings. The number of thiazole rings is 1. The summed E-state index contributed by atoms with van der Waals surface area (Å²) in [5, 5.41) is 1.93. The van der Waals surface area contributed by atoms with Crippen molar-refractivity contribution in [3.8, 4) is 5.75 Å². The van der Waals surface area contributed by atoms with Gasteiger partial charge in [-0.15, -0.1) is 11.3 Å². The third-order valence-corrected chi connectivity index (χ3v) is 7.32. The molecule has 0 radical (unpaired) electrons. The maximum absolute atomic E-state index is 13.6. The minimum absolute atomic E-state index is 0.0206. The fraction of sp³-hybridized carbons (Fsp3) is 0.111. The summed E-state index contributed by atoms with van der Waals surface area (Å²) in [5.41, 5.74) is 1.06. The number of fused-ring (bicyclic) bond motifs is 1. The number of esters is 2. The van der Waals surface area contributed by atoms with Gasteiger partial charge in [0.1, 0.15) is 12.4 Å². The molecule has 0 saturated carbocycles. The minimum atomic E-state index is -0.783. The highest BCUT2D eigenvalue weighted by atomic mass is 32.1. The van der Waals surface area contributed by atoms with Crippen LogP contribution < -0.4 is 19.6 Å². The predicted octanol–water partition coefficient (Wildman–Crippen LogP) is 3.84. The standard InChI is InChI=1S/C27H20N2O6S2/c1-3-12-34-26(32)22-16(2)28-27-29(24(30)21(37-27)15-19-6-5-14-36-19)23(22)17-8-10-18(11-9-17)35-25(31)20-7-4-13-33-20/h3-11,13-15,23H,1,12H2,2H3/b21-15+/t23-/m0/s1. The molecule has 37 heavy (non-hydrogen) atoms. The summed E-state index contributed by atoms with van der Waals surface area (Å²) in [6, 6.07) is 12.7. The van der Waals surface area contributed by atoms with Crippen LogP contribution >= 0.6 is 22.7 Å². The van der Waals surface area contributed by atoms with Crippen molar-refractivity contribution in [3.05, 3.63) is 120 Å². The van der Waals surface area contributed by atoms with Crippen molar-refractivity contribution in [1.29, 1.82) is 0 Å². The first kappa shape index (κ1) is 24.4. The summed E-state index contributed by atoms with van der Waals surface area (Å²) in [7, 11) is 0. The van der Waals surface area contributed by atoms with Crippen molar-refractivity contribution in [2.24, 2.45) is 4.99 Å². The Bertz CT molecular complexity index is 1670. The SMILES string of the molecule is C=CCOC(=O)C1=C(C)N=c2s/c(=C/c3cccs3)c(=O)n2[C@H]1c1ccc(OC(=O)c2ccco2)cc1. The number of hydrogen-bond donors (Lipinski definition) is 0. The molecule has 4 heterocycles. The Morgan fingerprint density at radius 1 is 1.16 bits per heavy atom. The highest BCUT2D eigenvalue weighted by Gasteiger charge is 2.33. The summed E-state index contributed by atoms with van der Waals surface area (Å²) < 4.78 is 17.8. The van der Waals surface area contributed by atoms with Crippen LogP contribution in [0.25, 0.3) is 6.08 Å². The van der Waals surface area contributed by atoms with Crippen molar-refractivity contribution in [1.82, 2.24) is 4.57 Å². The lowest BCUT2D eigenvalue weighted by Crippen LogP contribution is -2.39. The normalized spacial score (nSPS) is 15.2. The molecule has 4 aromatic rings. The zero-order chi connectivity index (χ0) is 25.9. The molecule has 8 nitrogen and oxygen atoms in total. The average molecular weight is 533 g/mol. The monoisotopic (exact) mass is 532 g/mol. The van der Waals surface area contributed by atoms with E-state index in [1.165, 1.54) is 45.6 Å². The number of nitrogens with zero attached hydrogens (tertiary/aromatic N) is 2. The maximum Gasteiger partial charge on any atom is 0.379 e. The summed E-state index contributed by atoms with van der Waals surface area (Å²) in [5.74, 6) is -0.866. The first-order chi connectivity index (χ1) is 18.0. The van der Waals surface area contributed by atoms with Crippen molar-refractivity contribution in [2.75, 3.05) is 6.61 Å². The van der Waals surface area contributed by atoms with Crippen LogP contribution in [0.15, 0.2) is 98.3 Å². The minimum Gasteiger partial charge on any atom is -0.458 e. The number of aromatic nitrogens is 1. The second-order valence-electron chi connectivity index (χ2n) is 7.92. The molecule has 1 aromatic carbocycles. The molecule has 1 aliphatic heterocycles. The first-order valence-corrected chi connectivity index (χ1v) is 12.9. The average Bonchev–Trinajstić information content (AvgIpc) is 3.66. The molecule has 1 aliphatic rings. The third-order valence-electron chi connectivity index (χ3n) is 5.52. The lowest BCUT2D eigenvalue weighted by Gasteiger charge is -2.24. The Morgan fingerprint density at radius 3 is 2.65 bits per heavy atom. The van der Waals surface area contributed by atoms with Crippen molar-refractivity contribution < 1.29 is 23.5 Å². The van der Waals surface area contributed by atoms with Crippen LogP contribution in [-0.4, -0.2) is 23.1 Å². The van der Waals surface area contributed by atoms with E-state index in [1.807, 2.05) is 23.6 Å². The van der Waals surface area contributed by atoms with Gasteiger partial charge in [0, 0.05) is 4.88 Å². The van der Waals surface area contributed by atoms with E-state index in [0.717, 1.165) is 4.88 Å². The van der Waals surface area contributed by atoms with Crippen LogP contribution in [0.2, 0.25) is 0 Å². The van der Waals surface area contributed by atoms with Gasteiger partial charge in [0.2, 0.25) is 5.76 Å². The molecule has 0 spiro atoms. The quantitative estimate of drug-likeness (QED) is 0.204. The molecule has 186 valence electrons. The van der Waals surface area contributed by atoms with E-state index in [0.29, 0.717) is 20.6 Å². The lowest BCUT2D eigenvalue weighted by atomic mass is 9.96. The molecule has 5 rings (SSSR count). The van der Waals surface area contributed by atoms with E-state index in [1.54, 1.807) is 37.3 Å². The smallest absolute Gasteiger partial charge is 0.379 e. The number of carbonyl (C=O) groups excluding carboxylic acids is 2. The fourth-order valence-corrected chi connectivity index (χ4v) is 5.65. The maximum atomic E-state index is 13.6. The molecule has 10 heteroatoms. The van der Waals surface area contributed by atoms with Crippen LogP contribution in [0.3, 0.4) is 0 Å². The molecular weight excluding hydrogens is 512 g/mol. The summed E-state index contributed by atoms with van der Waals surface area (Å²) in [4.78, 5) is 44.9. The van der Waals surface area contributed by atoms with Crippen LogP contribution in [0.4, 0.5) is 0 Å². The largest absolute Gasteiger partial charge is 0.458 e. The molecule has 0 amide bonds. The summed E-state index contributed by atoms with van der Waals surface area (Å²) in [6.07, 6.45) is 4.68. The van der Waals surface area contributed by atoms with Gasteiger partial charge in [0.05, 0.1) is 28.1 Å². The Morgan fingerprint density at radius 2 is 1.97 bits per heavy atom. The molecule has 3 aromatic heterocycles. The highest BCUT2D eigenvalue weighted by molar-refractivity contribution is 7.11. The fourth-order valence-electron chi connectivity index (χ4n) is 3.88. The number of benzene rings is 1. The van der Waals surface area contributed by atoms with Gasteiger partial charge in [-0.25, -0.2) is 14.6 Å². The van der Waals surface area contributed by atoms with Gasteiger partial charge >= 0.3 is 11.9 Å². The van der Waals surface area contributed by atoms with Gasteiger partial charge in [-0.1, -0.05) is 42.2 Å². The Labute approximate surface area is 218 Å². The molecule has 0 aliphatic carbocycles. The number of rotatable bonds is 7. The van der Waals surface area contributed by atoms with Crippen molar-refractivity contribution in [2.45, 2.75) is 13.0 Å². The molecule has 0 unspecified atom stereocenters. The van der Waals surface area contributed by atoms with Gasteiger partial charge in [0.15, 0.2) is 4.80 Å². The summed E-state index contributed by atoms with van der Waals surface area (Å²) >= 11 is 2.78. The number of thiophene rings is 1. The Kier molecular flexibility index (Phi) is 6.85. The van der Waals surface area contributed by atoms with Gasteiger partial charge in [-0.05, 0) is 54.3 Å². The van der Waals surface area contributed by atoms with Gasteiger partial charge in [-0.3, -0.25) is 9.36 Å². The number of hydrogen-bond acceptors (Lipinski definition) is 9. The Balaban J connectivity index is 1.58. The number of allylic oxidation sites excluding steroid dienone is 1. The third kappa shape index (κ3) is 4.89. The molecule has 1 atom stereocenters. The number of carbonyl (C=O) groups is 2. The second kappa shape index (κ2) is 10.4. The zero-order valence-electron chi connectivity index (χ0n) is 19.6. The van der Waals surface area contributed by atoms with Crippen LogP contribution in [0, 0.1) is 0 Å². The first-order valence-electron chi connectivity index (χ1n) is 11.2. The molecular formula is C27H20N2O6S2. The second-order valence-corrected chi connectivity index (χ2v) is 9.91. The Hall–Kier alpha value is -4.28. The highest BCUT2D eigenvalue weighted by Crippen LogP contribution is 2.31. The van der Waals surface area contributed by atoms with E-state index in [9.17, 15) is 14.4 Å². The van der Waals surface area contributed by atoms with Gasteiger partial charge in [-0.2, -0.15) is 0 Å². The molecule has 0 bridgehead atoms. The summed E-state index contributed by atoms with van der Waals surface area (Å²) in [6.45, 7) is 5.33. The van der Waals surface area contributed by atoms with E-state index >= 15 is 0 Å². The molecule has 0 saturated heterocycles. The van der Waals surface area contributed by atoms with Gasteiger partial charge < -0.3 is 13.9 Å². The number of ether oxygens (including phenoxy) is 2. The van der Waals surface area contributed by atoms with Crippen LogP contribution in [-0.2, 0) is 9.53 Å². The predicted molar refractivity (Wildman–Crippen MR) is 139 cm³/mol. The van der Waals surface area contributed by atoms with E-state index in [2.05, 4.69) is 11.6 Å². The van der Waals surface area contributed by atoms with E-state index in [-0.39, 0.29) is 29.2 Å². The van der Waals surface area contributed by atoms with Crippen molar-refractivity contribution >= 4 is 40.7 Å². The zero-order valence-corrected chi connectivity index (χ0v) is 21.2. The van der Waals surface area contributed by atoms with Crippen LogP contribution in [0.1, 0.15) is 34.0 Å². The van der Waals surface area contributed by atoms with Crippen LogP contribution in [0.5, 0.6) is 5.75 Å². The van der Waals surface area contributed by atoms with Gasteiger partial charge in [0.25, 0.3) is 5.56 Å². The topological polar surface area (TPSA) is 100 Å².